The second-order valence-electron chi connectivity index (χ2n) is 5.19. The van der Waals surface area contributed by atoms with Crippen molar-refractivity contribution < 1.29 is 10.2 Å². The van der Waals surface area contributed by atoms with Crippen molar-refractivity contribution in [2.75, 3.05) is 20.6 Å². The number of rotatable bonds is 6. The van der Waals surface area contributed by atoms with Gasteiger partial charge in [-0.15, -0.1) is 0 Å². The van der Waals surface area contributed by atoms with E-state index in [2.05, 4.69) is 38.2 Å². The van der Waals surface area contributed by atoms with E-state index in [1.165, 1.54) is 6.07 Å². The van der Waals surface area contributed by atoms with Gasteiger partial charge in [0.25, 0.3) is 0 Å². The molecule has 0 aliphatic carbocycles. The Bertz CT molecular complexity index is 370. The van der Waals surface area contributed by atoms with Crippen LogP contribution in [0.4, 0.5) is 0 Å². The molecule has 1 aromatic carbocycles. The minimum absolute atomic E-state index is 0.0315. The number of hydrogen-bond acceptors (Lipinski definition) is 4. The number of para-hydroxylation sites is 1. The first kappa shape index (κ1) is 14.8. The van der Waals surface area contributed by atoms with Gasteiger partial charge in [-0.3, -0.25) is 0 Å². The van der Waals surface area contributed by atoms with Gasteiger partial charge in [-0.25, -0.2) is 0 Å². The van der Waals surface area contributed by atoms with Crippen molar-refractivity contribution in [3.63, 3.8) is 0 Å². The van der Waals surface area contributed by atoms with Crippen LogP contribution < -0.4 is 5.32 Å². The van der Waals surface area contributed by atoms with E-state index < -0.39 is 0 Å². The van der Waals surface area contributed by atoms with Crippen LogP contribution in [-0.4, -0.2) is 41.8 Å². The maximum atomic E-state index is 9.68. The molecule has 0 amide bonds. The molecule has 0 fully saturated rings. The summed E-state index contributed by atoms with van der Waals surface area (Å²) in [6, 6.07) is 5.47. The number of phenols is 2. The lowest BCUT2D eigenvalue weighted by Gasteiger charge is -2.28. The van der Waals surface area contributed by atoms with E-state index in [0.29, 0.717) is 18.5 Å². The highest BCUT2D eigenvalue weighted by Gasteiger charge is 2.15. The van der Waals surface area contributed by atoms with E-state index in [1.807, 2.05) is 6.07 Å². The standard InChI is InChI=1S/C14H24N2O2/c1-10(2)12(16(3)4)9-15-8-11-6-5-7-13(17)14(11)18/h5-7,10,12,15,17-18H,8-9H2,1-4H3. The predicted molar refractivity (Wildman–Crippen MR) is 73.8 cm³/mol. The summed E-state index contributed by atoms with van der Waals surface area (Å²) >= 11 is 0. The Balaban J connectivity index is 2.53. The first-order valence-corrected chi connectivity index (χ1v) is 6.30. The normalized spacial score (nSPS) is 13.2. The fourth-order valence-electron chi connectivity index (χ4n) is 2.09. The molecule has 4 nitrogen and oxygen atoms in total. The summed E-state index contributed by atoms with van der Waals surface area (Å²) in [5, 5.41) is 22.4. The van der Waals surface area contributed by atoms with Gasteiger partial charge in [-0.05, 0) is 26.1 Å². The fourth-order valence-corrected chi connectivity index (χ4v) is 2.09. The number of phenolic OH excluding ortho intramolecular Hbond substituents is 2. The van der Waals surface area contributed by atoms with Gasteiger partial charge in [0.15, 0.2) is 11.5 Å². The second-order valence-corrected chi connectivity index (χ2v) is 5.19. The zero-order valence-electron chi connectivity index (χ0n) is 11.6. The Morgan fingerprint density at radius 3 is 2.44 bits per heavy atom. The number of hydrogen-bond donors (Lipinski definition) is 3. The molecule has 1 aromatic rings. The third-order valence-electron chi connectivity index (χ3n) is 3.20. The molecule has 1 unspecified atom stereocenters. The zero-order valence-corrected chi connectivity index (χ0v) is 11.6. The van der Waals surface area contributed by atoms with Gasteiger partial charge in [0.2, 0.25) is 0 Å². The van der Waals surface area contributed by atoms with Crippen molar-refractivity contribution in [3.8, 4) is 11.5 Å². The van der Waals surface area contributed by atoms with Gasteiger partial charge >= 0.3 is 0 Å². The molecule has 102 valence electrons. The zero-order chi connectivity index (χ0) is 13.7. The lowest BCUT2D eigenvalue weighted by molar-refractivity contribution is 0.224. The predicted octanol–water partition coefficient (Wildman–Crippen LogP) is 1.77. The molecule has 0 heterocycles. The molecule has 18 heavy (non-hydrogen) atoms. The minimum Gasteiger partial charge on any atom is -0.504 e. The topological polar surface area (TPSA) is 55.7 Å². The van der Waals surface area contributed by atoms with E-state index in [1.54, 1.807) is 6.07 Å². The van der Waals surface area contributed by atoms with Crippen LogP contribution in [0.2, 0.25) is 0 Å². The highest BCUT2D eigenvalue weighted by atomic mass is 16.3. The average Bonchev–Trinajstić information content (AvgIpc) is 2.28. The van der Waals surface area contributed by atoms with Gasteiger partial charge in [-0.2, -0.15) is 0 Å². The van der Waals surface area contributed by atoms with Crippen LogP contribution in [-0.2, 0) is 6.54 Å². The number of likely N-dealkylation sites (N-methyl/N-ethyl adjacent to an activating group) is 1. The summed E-state index contributed by atoms with van der Waals surface area (Å²) in [6.07, 6.45) is 0. The highest BCUT2D eigenvalue weighted by Crippen LogP contribution is 2.27. The number of nitrogens with zero attached hydrogens (tertiary/aromatic N) is 1. The van der Waals surface area contributed by atoms with E-state index in [0.717, 1.165) is 12.1 Å². The average molecular weight is 252 g/mol. The Morgan fingerprint density at radius 2 is 1.89 bits per heavy atom. The van der Waals surface area contributed by atoms with Gasteiger partial charge in [0, 0.05) is 24.7 Å². The van der Waals surface area contributed by atoms with Crippen LogP contribution in [0.15, 0.2) is 18.2 Å². The molecule has 0 aliphatic rings. The molecular formula is C14H24N2O2. The number of aromatic hydroxyl groups is 2. The van der Waals surface area contributed by atoms with Crippen LogP contribution in [0.1, 0.15) is 19.4 Å². The Morgan fingerprint density at radius 1 is 1.22 bits per heavy atom. The summed E-state index contributed by atoms with van der Waals surface area (Å²) in [7, 11) is 4.14. The van der Waals surface area contributed by atoms with Crippen molar-refractivity contribution in [2.45, 2.75) is 26.4 Å². The molecule has 0 spiro atoms. The molecule has 0 bridgehead atoms. The first-order valence-electron chi connectivity index (χ1n) is 6.30. The van der Waals surface area contributed by atoms with Crippen molar-refractivity contribution in [1.82, 2.24) is 10.2 Å². The second kappa shape index (κ2) is 6.61. The van der Waals surface area contributed by atoms with E-state index in [-0.39, 0.29) is 11.5 Å². The van der Waals surface area contributed by atoms with E-state index >= 15 is 0 Å². The third-order valence-corrected chi connectivity index (χ3v) is 3.20. The monoisotopic (exact) mass is 252 g/mol. The van der Waals surface area contributed by atoms with Gasteiger partial charge in [0.05, 0.1) is 0 Å². The summed E-state index contributed by atoms with van der Waals surface area (Å²) < 4.78 is 0. The molecule has 0 saturated carbocycles. The van der Waals surface area contributed by atoms with Crippen LogP contribution in [0, 0.1) is 5.92 Å². The molecule has 3 N–H and O–H groups in total. The van der Waals surface area contributed by atoms with Crippen molar-refractivity contribution >= 4 is 0 Å². The van der Waals surface area contributed by atoms with Crippen LogP contribution in [0.3, 0.4) is 0 Å². The summed E-state index contributed by atoms with van der Waals surface area (Å²) in [4.78, 5) is 2.19. The molecule has 0 aromatic heterocycles. The Labute approximate surface area is 109 Å². The third kappa shape index (κ3) is 3.89. The molecule has 1 rings (SSSR count). The summed E-state index contributed by atoms with van der Waals surface area (Å²) in [5.74, 6) is 0.462. The van der Waals surface area contributed by atoms with E-state index in [9.17, 15) is 10.2 Å². The molecule has 0 saturated heterocycles. The summed E-state index contributed by atoms with van der Waals surface area (Å²) in [5.41, 5.74) is 0.719. The quantitative estimate of drug-likeness (QED) is 0.675. The minimum atomic E-state index is -0.0673. The van der Waals surface area contributed by atoms with Crippen molar-refractivity contribution in [3.05, 3.63) is 23.8 Å². The maximum Gasteiger partial charge on any atom is 0.161 e. The van der Waals surface area contributed by atoms with E-state index in [4.69, 9.17) is 0 Å². The van der Waals surface area contributed by atoms with Gasteiger partial charge in [-0.1, -0.05) is 26.0 Å². The van der Waals surface area contributed by atoms with Crippen molar-refractivity contribution in [1.29, 1.82) is 0 Å². The maximum absolute atomic E-state index is 9.68. The van der Waals surface area contributed by atoms with Gasteiger partial charge in [0.1, 0.15) is 0 Å². The first-order chi connectivity index (χ1) is 8.43. The smallest absolute Gasteiger partial charge is 0.161 e. The number of nitrogens with one attached hydrogen (secondary N) is 1. The molecule has 1 atom stereocenters. The molecular weight excluding hydrogens is 228 g/mol. The molecule has 4 heteroatoms. The van der Waals surface area contributed by atoms with Crippen LogP contribution >= 0.6 is 0 Å². The molecule has 0 radical (unpaired) electrons. The lowest BCUT2D eigenvalue weighted by atomic mass is 10.0. The van der Waals surface area contributed by atoms with Gasteiger partial charge < -0.3 is 20.4 Å². The van der Waals surface area contributed by atoms with Crippen molar-refractivity contribution in [2.24, 2.45) is 5.92 Å². The highest BCUT2D eigenvalue weighted by molar-refractivity contribution is 5.44. The fraction of sp³-hybridized carbons (Fsp3) is 0.571. The van der Waals surface area contributed by atoms with Crippen LogP contribution in [0.5, 0.6) is 11.5 Å². The Hall–Kier alpha value is -1.26. The lowest BCUT2D eigenvalue weighted by Crippen LogP contribution is -2.41. The van der Waals surface area contributed by atoms with Crippen LogP contribution in [0.25, 0.3) is 0 Å². The SMILES string of the molecule is CC(C)C(CNCc1cccc(O)c1O)N(C)C. The number of benzene rings is 1. The molecule has 0 aliphatic heterocycles. The Kier molecular flexibility index (Phi) is 5.44. The summed E-state index contributed by atoms with van der Waals surface area (Å²) in [6.45, 7) is 5.79. The largest absolute Gasteiger partial charge is 0.504 e.